The van der Waals surface area contributed by atoms with Crippen LogP contribution in [0.4, 0.5) is 17.1 Å². The number of fused-ring (bicyclic) bond motifs is 1. The van der Waals surface area contributed by atoms with Gasteiger partial charge >= 0.3 is 0 Å². The lowest BCUT2D eigenvalue weighted by atomic mass is 10.1. The molecule has 1 N–H and O–H groups in total. The maximum Gasteiger partial charge on any atom is 0.228 e. The first-order chi connectivity index (χ1) is 13.3. The Morgan fingerprint density at radius 2 is 1.59 bits per heavy atom. The summed E-state index contributed by atoms with van der Waals surface area (Å²) in [5, 5.41) is 4.11. The summed E-state index contributed by atoms with van der Waals surface area (Å²) in [7, 11) is 3.17. The summed E-state index contributed by atoms with van der Waals surface area (Å²) in [6.07, 6.45) is 1.56. The van der Waals surface area contributed by atoms with Gasteiger partial charge in [0.2, 0.25) is 5.69 Å². The minimum atomic E-state index is 0.452. The fourth-order valence-corrected chi connectivity index (χ4v) is 2.39. The molecule has 27 heavy (non-hydrogen) atoms. The van der Waals surface area contributed by atoms with Crippen molar-refractivity contribution in [3.05, 3.63) is 60.1 Å². The number of aromatic nitrogens is 1. The predicted octanol–water partition coefficient (Wildman–Crippen LogP) is 6.58. The van der Waals surface area contributed by atoms with E-state index in [9.17, 15) is 0 Å². The minimum absolute atomic E-state index is 0.452. The van der Waals surface area contributed by atoms with Crippen LogP contribution in [0.2, 0.25) is 0 Å². The first-order valence-electron chi connectivity index (χ1n) is 8.39. The topological polar surface area (TPSA) is 47.7 Å². The molecule has 5 nitrogen and oxygen atoms in total. The highest BCUT2D eigenvalue weighted by molar-refractivity contribution is 9.08. The van der Waals surface area contributed by atoms with E-state index in [1.54, 1.807) is 26.5 Å². The van der Waals surface area contributed by atoms with Crippen LogP contribution in [0, 0.1) is 6.57 Å². The maximum atomic E-state index is 7.39. The Bertz CT molecular complexity index is 893. The second kappa shape index (κ2) is 11.8. The highest BCUT2D eigenvalue weighted by atomic mass is 79.9. The molecule has 2 aromatic carbocycles. The Labute approximate surface area is 169 Å². The van der Waals surface area contributed by atoms with Crippen molar-refractivity contribution in [3.63, 3.8) is 0 Å². The third-order valence-electron chi connectivity index (χ3n) is 3.52. The lowest BCUT2D eigenvalue weighted by Gasteiger charge is -2.14. The number of hydrogen-bond acceptors (Lipinski definition) is 4. The van der Waals surface area contributed by atoms with Gasteiger partial charge in [-0.25, -0.2) is 4.85 Å². The summed E-state index contributed by atoms with van der Waals surface area (Å²) >= 11 is 2.94. The van der Waals surface area contributed by atoms with E-state index in [1.807, 2.05) is 56.1 Å². The van der Waals surface area contributed by atoms with Gasteiger partial charge in [-0.3, -0.25) is 4.98 Å². The van der Waals surface area contributed by atoms with E-state index in [-0.39, 0.29) is 0 Å². The maximum absolute atomic E-state index is 7.39. The van der Waals surface area contributed by atoms with E-state index in [1.165, 1.54) is 0 Å². The molecule has 0 spiro atoms. The first-order valence-corrected chi connectivity index (χ1v) is 9.97. The van der Waals surface area contributed by atoms with Crippen molar-refractivity contribution in [2.75, 3.05) is 25.4 Å². The van der Waals surface area contributed by atoms with Gasteiger partial charge < -0.3 is 14.8 Å². The zero-order valence-electron chi connectivity index (χ0n) is 16.2. The summed E-state index contributed by atoms with van der Waals surface area (Å²) in [6, 6.07) is 13.3. The van der Waals surface area contributed by atoms with Crippen LogP contribution in [0.1, 0.15) is 13.8 Å². The second-order valence-corrected chi connectivity index (χ2v) is 4.85. The molecule has 0 fully saturated rings. The monoisotopic (exact) mass is 429 g/mol. The number of nitrogens with zero attached hydrogens (tertiary/aromatic N) is 2. The number of para-hydroxylation sites is 1. The Morgan fingerprint density at radius 1 is 1.00 bits per heavy atom. The average Bonchev–Trinajstić information content (AvgIpc) is 2.76. The number of alkyl halides is 1. The number of hydrogen-bond donors (Lipinski definition) is 1. The summed E-state index contributed by atoms with van der Waals surface area (Å²) in [5.74, 6) is 3.02. The lowest BCUT2D eigenvalue weighted by Crippen LogP contribution is -1.96. The molecule has 3 aromatic rings. The highest BCUT2D eigenvalue weighted by Gasteiger charge is 2.13. The van der Waals surface area contributed by atoms with Crippen LogP contribution in [-0.4, -0.2) is 25.0 Å². The molecule has 0 aliphatic heterocycles. The van der Waals surface area contributed by atoms with Crippen molar-refractivity contribution < 1.29 is 9.47 Å². The smallest absolute Gasteiger partial charge is 0.228 e. The van der Waals surface area contributed by atoms with E-state index in [4.69, 9.17) is 16.0 Å². The number of anilines is 2. The molecule has 0 aliphatic rings. The van der Waals surface area contributed by atoms with Crippen molar-refractivity contribution in [1.82, 2.24) is 4.98 Å². The molecule has 0 saturated carbocycles. The van der Waals surface area contributed by atoms with Gasteiger partial charge in [-0.05, 0) is 24.0 Å². The van der Waals surface area contributed by atoms with Gasteiger partial charge in [-0.2, -0.15) is 0 Å². The van der Waals surface area contributed by atoms with Crippen LogP contribution >= 0.6 is 15.9 Å². The fourth-order valence-electron chi connectivity index (χ4n) is 2.39. The second-order valence-electron chi connectivity index (χ2n) is 4.85. The third-order valence-corrected chi connectivity index (χ3v) is 3.52. The Kier molecular flexibility index (Phi) is 9.70. The largest absolute Gasteiger partial charge is 0.493 e. The van der Waals surface area contributed by atoms with Crippen LogP contribution in [0.3, 0.4) is 0 Å². The van der Waals surface area contributed by atoms with E-state index in [0.717, 1.165) is 16.6 Å². The van der Waals surface area contributed by atoms with Crippen molar-refractivity contribution >= 4 is 43.9 Å². The molecule has 0 atom stereocenters. The third kappa shape index (κ3) is 5.35. The Hall–Kier alpha value is -2.78. The van der Waals surface area contributed by atoms with E-state index < -0.39 is 0 Å². The van der Waals surface area contributed by atoms with Crippen molar-refractivity contribution in [1.29, 1.82) is 0 Å². The number of halogens is 1. The number of pyridine rings is 1. The lowest BCUT2D eigenvalue weighted by molar-refractivity contribution is 0.356. The van der Waals surface area contributed by atoms with Gasteiger partial charge in [-0.15, -0.1) is 0 Å². The molecule has 1 aromatic heterocycles. The van der Waals surface area contributed by atoms with Gasteiger partial charge in [0.15, 0.2) is 11.5 Å². The van der Waals surface area contributed by atoms with E-state index in [0.29, 0.717) is 22.9 Å². The number of ether oxygens (including phenoxy) is 2. The summed E-state index contributed by atoms with van der Waals surface area (Å²) in [4.78, 5) is 7.92. The molecule has 0 radical (unpaired) electrons. The standard InChI is InChI=1S/C18H15N3O2.C2H6.CH3Br/c1-19-15-11-20-14-10-17(23-3)16(22-2)9-13(14)18(15)21-12-7-5-4-6-8-12;2*1-2/h4-11H,2-3H3,(H,20,21);1-2H3;1H3. The molecule has 0 unspecified atom stereocenters. The van der Waals surface area contributed by atoms with Crippen LogP contribution in [0.5, 0.6) is 11.5 Å². The van der Waals surface area contributed by atoms with Crippen molar-refractivity contribution in [2.24, 2.45) is 0 Å². The average molecular weight is 430 g/mol. The quantitative estimate of drug-likeness (QED) is 0.375. The number of nitrogens with one attached hydrogen (secondary N) is 1. The van der Waals surface area contributed by atoms with Gasteiger partial charge in [0, 0.05) is 23.3 Å². The van der Waals surface area contributed by atoms with E-state index in [2.05, 4.69) is 31.1 Å². The van der Waals surface area contributed by atoms with E-state index >= 15 is 0 Å². The molecule has 0 amide bonds. The molecular formula is C21H24BrN3O2. The van der Waals surface area contributed by atoms with Crippen LogP contribution in [0.15, 0.2) is 48.7 Å². The molecule has 142 valence electrons. The first kappa shape index (κ1) is 22.3. The molecule has 3 rings (SSSR count). The summed E-state index contributed by atoms with van der Waals surface area (Å²) in [6.45, 7) is 11.4. The highest BCUT2D eigenvalue weighted by Crippen LogP contribution is 2.39. The summed E-state index contributed by atoms with van der Waals surface area (Å²) < 4.78 is 10.7. The fraction of sp³-hybridized carbons (Fsp3) is 0.238. The minimum Gasteiger partial charge on any atom is -0.493 e. The van der Waals surface area contributed by atoms with Crippen molar-refractivity contribution in [2.45, 2.75) is 13.8 Å². The summed E-state index contributed by atoms with van der Waals surface area (Å²) in [5.41, 5.74) is 2.79. The SMILES string of the molecule is CBr.CC.[C-]#[N+]c1cnc2cc(OC)c(OC)cc2c1Nc1ccccc1. The molecule has 6 heteroatoms. The van der Waals surface area contributed by atoms with Gasteiger partial charge in [-0.1, -0.05) is 48.0 Å². The molecule has 0 aliphatic carbocycles. The molecule has 0 bridgehead atoms. The Balaban J connectivity index is 0.000000855. The molecular weight excluding hydrogens is 406 g/mol. The van der Waals surface area contributed by atoms with Crippen LogP contribution in [0.25, 0.3) is 15.7 Å². The number of rotatable bonds is 4. The van der Waals surface area contributed by atoms with Crippen molar-refractivity contribution in [3.8, 4) is 11.5 Å². The zero-order valence-corrected chi connectivity index (χ0v) is 17.8. The van der Waals surface area contributed by atoms with Gasteiger partial charge in [0.05, 0.1) is 32.0 Å². The number of methoxy groups -OCH3 is 2. The van der Waals surface area contributed by atoms with Crippen LogP contribution < -0.4 is 14.8 Å². The predicted molar refractivity (Wildman–Crippen MR) is 117 cm³/mol. The molecule has 1 heterocycles. The zero-order chi connectivity index (χ0) is 20.2. The van der Waals surface area contributed by atoms with Crippen LogP contribution in [-0.2, 0) is 0 Å². The van der Waals surface area contributed by atoms with Gasteiger partial charge in [0.1, 0.15) is 0 Å². The Morgan fingerprint density at radius 3 is 2.15 bits per heavy atom. The number of benzene rings is 2. The van der Waals surface area contributed by atoms with Gasteiger partial charge in [0.25, 0.3) is 0 Å². The molecule has 0 saturated heterocycles. The normalized spacial score (nSPS) is 9.07.